The molecular weight excluding hydrogens is 244 g/mol. The third-order valence-electron chi connectivity index (χ3n) is 2.49. The van der Waals surface area contributed by atoms with E-state index < -0.39 is 0 Å². The third kappa shape index (κ3) is 2.85. The van der Waals surface area contributed by atoms with Crippen molar-refractivity contribution in [3.05, 3.63) is 35.7 Å². The number of para-hydroxylation sites is 1. The van der Waals surface area contributed by atoms with Crippen LogP contribution in [0.5, 0.6) is 11.5 Å². The van der Waals surface area contributed by atoms with E-state index in [0.717, 1.165) is 5.69 Å². The predicted octanol–water partition coefficient (Wildman–Crippen LogP) is 1.76. The molecule has 3 N–H and O–H groups in total. The SMILES string of the molecule is CCOc1cccc(C=Nn2cc(C)nc2N)c1O. The number of nitrogen functional groups attached to an aromatic ring is 1. The lowest BCUT2D eigenvalue weighted by Gasteiger charge is -2.07. The lowest BCUT2D eigenvalue weighted by atomic mass is 10.2. The first-order valence-electron chi connectivity index (χ1n) is 5.92. The zero-order valence-corrected chi connectivity index (χ0v) is 10.9. The maximum Gasteiger partial charge on any atom is 0.221 e. The monoisotopic (exact) mass is 260 g/mol. The zero-order valence-electron chi connectivity index (χ0n) is 10.9. The second-order valence-electron chi connectivity index (χ2n) is 3.96. The van der Waals surface area contributed by atoms with Gasteiger partial charge in [-0.25, -0.2) is 9.66 Å². The number of ether oxygens (including phenoxy) is 1. The van der Waals surface area contributed by atoms with Gasteiger partial charge in [-0.05, 0) is 26.0 Å². The van der Waals surface area contributed by atoms with E-state index in [1.54, 1.807) is 24.4 Å². The Morgan fingerprint density at radius 1 is 1.53 bits per heavy atom. The van der Waals surface area contributed by atoms with Crippen LogP contribution >= 0.6 is 0 Å². The van der Waals surface area contributed by atoms with Gasteiger partial charge in [-0.3, -0.25) is 0 Å². The Hall–Kier alpha value is -2.50. The highest BCUT2D eigenvalue weighted by Gasteiger charge is 2.06. The molecule has 6 heteroatoms. The number of benzene rings is 1. The van der Waals surface area contributed by atoms with Crippen molar-refractivity contribution in [2.75, 3.05) is 12.3 Å². The number of nitrogens with two attached hydrogens (primary N) is 1. The molecule has 2 rings (SSSR count). The number of aromatic hydroxyl groups is 1. The summed E-state index contributed by atoms with van der Waals surface area (Å²) >= 11 is 0. The van der Waals surface area contributed by atoms with Crippen LogP contribution in [-0.2, 0) is 0 Å². The van der Waals surface area contributed by atoms with Crippen LogP contribution in [0, 0.1) is 6.92 Å². The maximum atomic E-state index is 10.0. The van der Waals surface area contributed by atoms with Crippen LogP contribution in [0.2, 0.25) is 0 Å². The standard InChI is InChI=1S/C13H16N4O2/c1-3-19-11-6-4-5-10(12(11)18)7-15-17-8-9(2)16-13(17)14/h4-8,18H,3H2,1-2H3,(H2,14,16). The number of anilines is 1. The zero-order chi connectivity index (χ0) is 13.8. The second kappa shape index (κ2) is 5.43. The van der Waals surface area contributed by atoms with Crippen molar-refractivity contribution in [1.82, 2.24) is 9.66 Å². The Bertz CT molecular complexity index is 605. The molecule has 0 aliphatic rings. The Kier molecular flexibility index (Phi) is 3.70. The molecule has 1 heterocycles. The van der Waals surface area contributed by atoms with Crippen LogP contribution < -0.4 is 10.5 Å². The van der Waals surface area contributed by atoms with Gasteiger partial charge < -0.3 is 15.6 Å². The molecule has 0 aliphatic heterocycles. The van der Waals surface area contributed by atoms with Gasteiger partial charge in [0, 0.05) is 5.56 Å². The molecule has 0 aliphatic carbocycles. The molecule has 6 nitrogen and oxygen atoms in total. The van der Waals surface area contributed by atoms with Crippen LogP contribution in [-0.4, -0.2) is 27.6 Å². The fourth-order valence-electron chi connectivity index (χ4n) is 1.64. The minimum absolute atomic E-state index is 0.0588. The van der Waals surface area contributed by atoms with Crippen LogP contribution in [0.15, 0.2) is 29.5 Å². The second-order valence-corrected chi connectivity index (χ2v) is 3.96. The number of imidazole rings is 1. The first-order chi connectivity index (χ1) is 9.11. The number of hydrogen-bond acceptors (Lipinski definition) is 5. The van der Waals surface area contributed by atoms with E-state index in [-0.39, 0.29) is 5.75 Å². The summed E-state index contributed by atoms with van der Waals surface area (Å²) in [5.41, 5.74) is 7.00. The minimum atomic E-state index is 0.0588. The van der Waals surface area contributed by atoms with Crippen LogP contribution in [0.1, 0.15) is 18.2 Å². The summed E-state index contributed by atoms with van der Waals surface area (Å²) in [4.78, 5) is 4.03. The van der Waals surface area contributed by atoms with Crippen LogP contribution in [0.3, 0.4) is 0 Å². The van der Waals surface area contributed by atoms with E-state index in [1.807, 2.05) is 13.8 Å². The largest absolute Gasteiger partial charge is 0.504 e. The van der Waals surface area contributed by atoms with Crippen molar-refractivity contribution < 1.29 is 9.84 Å². The summed E-state index contributed by atoms with van der Waals surface area (Å²) in [6.45, 7) is 4.17. The Morgan fingerprint density at radius 2 is 2.32 bits per heavy atom. The van der Waals surface area contributed by atoms with Gasteiger partial charge in [0.2, 0.25) is 5.95 Å². The number of nitrogens with zero attached hydrogens (tertiary/aromatic N) is 3. The number of aryl methyl sites for hydroxylation is 1. The molecule has 0 saturated heterocycles. The van der Waals surface area contributed by atoms with Crippen LogP contribution in [0.4, 0.5) is 5.95 Å². The molecule has 0 atom stereocenters. The first kappa shape index (κ1) is 12.9. The average molecular weight is 260 g/mol. The van der Waals surface area contributed by atoms with Gasteiger partial charge in [0.1, 0.15) is 0 Å². The van der Waals surface area contributed by atoms with E-state index >= 15 is 0 Å². The van der Waals surface area contributed by atoms with E-state index in [0.29, 0.717) is 23.9 Å². The summed E-state index contributed by atoms with van der Waals surface area (Å²) in [7, 11) is 0. The van der Waals surface area contributed by atoms with Gasteiger partial charge in [-0.2, -0.15) is 5.10 Å². The van der Waals surface area contributed by atoms with Gasteiger partial charge in [0.05, 0.1) is 24.7 Å². The van der Waals surface area contributed by atoms with Gasteiger partial charge in [0.15, 0.2) is 11.5 Å². The lowest BCUT2D eigenvalue weighted by molar-refractivity contribution is 0.318. The molecule has 0 radical (unpaired) electrons. The highest BCUT2D eigenvalue weighted by Crippen LogP contribution is 2.28. The lowest BCUT2D eigenvalue weighted by Crippen LogP contribution is -1.98. The number of phenolic OH excluding ortho intramolecular Hbond substituents is 1. The van der Waals surface area contributed by atoms with E-state index in [4.69, 9.17) is 10.5 Å². The van der Waals surface area contributed by atoms with Crippen LogP contribution in [0.25, 0.3) is 0 Å². The quantitative estimate of drug-likeness (QED) is 0.820. The van der Waals surface area contributed by atoms with Crippen molar-refractivity contribution in [2.45, 2.75) is 13.8 Å². The molecule has 100 valence electrons. The number of aromatic nitrogens is 2. The van der Waals surface area contributed by atoms with Crippen molar-refractivity contribution in [3.8, 4) is 11.5 Å². The Balaban J connectivity index is 2.28. The van der Waals surface area contributed by atoms with Gasteiger partial charge in [0.25, 0.3) is 0 Å². The maximum absolute atomic E-state index is 10.0. The minimum Gasteiger partial charge on any atom is -0.504 e. The number of rotatable bonds is 4. The molecule has 0 spiro atoms. The molecule has 0 unspecified atom stereocenters. The Labute approximate surface area is 111 Å². The third-order valence-corrected chi connectivity index (χ3v) is 2.49. The van der Waals surface area contributed by atoms with Crippen molar-refractivity contribution >= 4 is 12.2 Å². The number of phenols is 1. The average Bonchev–Trinajstić information content (AvgIpc) is 2.69. The summed E-state index contributed by atoms with van der Waals surface area (Å²) in [6, 6.07) is 5.22. The first-order valence-corrected chi connectivity index (χ1v) is 5.92. The molecule has 1 aromatic heterocycles. The fraction of sp³-hybridized carbons (Fsp3) is 0.231. The molecule has 2 aromatic rings. The molecular formula is C13H16N4O2. The Morgan fingerprint density at radius 3 is 2.95 bits per heavy atom. The van der Waals surface area contributed by atoms with E-state index in [2.05, 4.69) is 10.1 Å². The predicted molar refractivity (Wildman–Crippen MR) is 73.6 cm³/mol. The summed E-state index contributed by atoms with van der Waals surface area (Å²) in [6.07, 6.45) is 3.21. The van der Waals surface area contributed by atoms with E-state index in [9.17, 15) is 5.11 Å². The topological polar surface area (TPSA) is 85.7 Å². The molecule has 1 aromatic carbocycles. The highest BCUT2D eigenvalue weighted by molar-refractivity contribution is 5.84. The van der Waals surface area contributed by atoms with Crippen molar-refractivity contribution in [1.29, 1.82) is 0 Å². The van der Waals surface area contributed by atoms with E-state index in [1.165, 1.54) is 10.9 Å². The fourth-order valence-corrected chi connectivity index (χ4v) is 1.64. The van der Waals surface area contributed by atoms with Crippen molar-refractivity contribution in [3.63, 3.8) is 0 Å². The number of hydrogen-bond donors (Lipinski definition) is 2. The molecule has 0 bridgehead atoms. The smallest absolute Gasteiger partial charge is 0.221 e. The summed E-state index contributed by atoms with van der Waals surface area (Å²) < 4.78 is 6.75. The van der Waals surface area contributed by atoms with Gasteiger partial charge in [-0.15, -0.1) is 0 Å². The van der Waals surface area contributed by atoms with Gasteiger partial charge >= 0.3 is 0 Å². The van der Waals surface area contributed by atoms with Gasteiger partial charge in [-0.1, -0.05) is 6.07 Å². The molecule has 0 saturated carbocycles. The van der Waals surface area contributed by atoms with Crippen molar-refractivity contribution in [2.24, 2.45) is 5.10 Å². The molecule has 0 fully saturated rings. The summed E-state index contributed by atoms with van der Waals surface area (Å²) in [5.74, 6) is 0.791. The highest BCUT2D eigenvalue weighted by atomic mass is 16.5. The molecule has 19 heavy (non-hydrogen) atoms. The summed E-state index contributed by atoms with van der Waals surface area (Å²) in [5, 5.41) is 14.1. The normalized spacial score (nSPS) is 11.1. The molecule has 0 amide bonds.